The zero-order valence-electron chi connectivity index (χ0n) is 15.8. The monoisotopic (exact) mass is 403 g/mol. The molecule has 1 heterocycles. The molecule has 0 atom stereocenters. The van der Waals surface area contributed by atoms with Crippen LogP contribution in [0.2, 0.25) is 0 Å². The molecule has 28 heavy (non-hydrogen) atoms. The number of carbonyl (C=O) groups is 2. The number of pyridine rings is 1. The van der Waals surface area contributed by atoms with Gasteiger partial charge >= 0.3 is 0 Å². The van der Waals surface area contributed by atoms with Crippen LogP contribution < -0.4 is 15.6 Å². The average Bonchev–Trinajstić information content (AvgIpc) is 2.53. The summed E-state index contributed by atoms with van der Waals surface area (Å²) in [6.07, 6.45) is 1.94. The van der Waals surface area contributed by atoms with E-state index < -0.39 is 21.5 Å². The van der Waals surface area contributed by atoms with E-state index in [4.69, 9.17) is 0 Å². The molecule has 0 radical (unpaired) electrons. The molecule has 0 aliphatic heterocycles. The summed E-state index contributed by atoms with van der Waals surface area (Å²) < 4.78 is 24.8. The van der Waals surface area contributed by atoms with Crippen LogP contribution in [0.3, 0.4) is 0 Å². The normalized spacial score (nSPS) is 15.6. The van der Waals surface area contributed by atoms with E-state index in [-0.39, 0.29) is 16.8 Å². The number of nitrogens with one attached hydrogen (secondary N) is 3. The molecule has 1 aromatic heterocycles. The first-order chi connectivity index (χ1) is 12.9. The third-order valence-electron chi connectivity index (χ3n) is 4.41. The zero-order valence-corrected chi connectivity index (χ0v) is 16.6. The van der Waals surface area contributed by atoms with Gasteiger partial charge in [-0.05, 0) is 42.2 Å². The van der Waals surface area contributed by atoms with Gasteiger partial charge in [-0.2, -0.15) is 0 Å². The maximum atomic E-state index is 12.5. The number of aromatic nitrogens is 1. The van der Waals surface area contributed by atoms with Crippen LogP contribution in [0, 0.1) is 5.41 Å². The Morgan fingerprint density at radius 1 is 1.07 bits per heavy atom. The molecule has 8 nitrogen and oxygen atoms in total. The highest BCUT2D eigenvalue weighted by Gasteiger charge is 2.32. The minimum Gasteiger partial charge on any atom is -0.325 e. The molecule has 0 spiro atoms. The second-order valence-electron chi connectivity index (χ2n) is 7.75. The molecule has 3 rings (SSSR count). The zero-order chi connectivity index (χ0) is 20.7. The first-order valence-electron chi connectivity index (χ1n) is 8.62. The smallest absolute Gasteiger partial charge is 0.261 e. The van der Waals surface area contributed by atoms with Crippen LogP contribution in [0.5, 0.6) is 0 Å². The lowest BCUT2D eigenvalue weighted by atomic mass is 9.75. The highest BCUT2D eigenvalue weighted by molar-refractivity contribution is 7.92. The van der Waals surface area contributed by atoms with Gasteiger partial charge < -0.3 is 10.3 Å². The third kappa shape index (κ3) is 4.48. The number of hydrogen-bond donors (Lipinski definition) is 3. The predicted molar refractivity (Wildman–Crippen MR) is 106 cm³/mol. The van der Waals surface area contributed by atoms with Gasteiger partial charge in [0.05, 0.1) is 6.26 Å². The van der Waals surface area contributed by atoms with Crippen molar-refractivity contribution < 1.29 is 18.0 Å². The van der Waals surface area contributed by atoms with Crippen molar-refractivity contribution in [3.8, 4) is 0 Å². The van der Waals surface area contributed by atoms with E-state index in [1.54, 1.807) is 0 Å². The lowest BCUT2D eigenvalue weighted by Gasteiger charge is -2.29. The number of rotatable bonds is 4. The number of Topliss-reactive ketones (excluding diaryl/α,β-unsaturated/α-hetero) is 1. The highest BCUT2D eigenvalue weighted by atomic mass is 32.2. The van der Waals surface area contributed by atoms with Gasteiger partial charge in [-0.25, -0.2) is 8.42 Å². The van der Waals surface area contributed by atoms with E-state index in [1.165, 1.54) is 30.3 Å². The van der Waals surface area contributed by atoms with Crippen LogP contribution in [0.25, 0.3) is 0 Å². The number of aromatic amines is 1. The fraction of sp³-hybridized carbons (Fsp3) is 0.316. The summed E-state index contributed by atoms with van der Waals surface area (Å²) in [6.45, 7) is 3.91. The lowest BCUT2D eigenvalue weighted by Crippen LogP contribution is -2.32. The van der Waals surface area contributed by atoms with Crippen LogP contribution in [0.15, 0.2) is 35.1 Å². The summed E-state index contributed by atoms with van der Waals surface area (Å²) in [6, 6.07) is 7.33. The topological polar surface area (TPSA) is 125 Å². The molecule has 9 heteroatoms. The summed E-state index contributed by atoms with van der Waals surface area (Å²) >= 11 is 0. The Kier molecular flexibility index (Phi) is 4.88. The van der Waals surface area contributed by atoms with E-state index >= 15 is 0 Å². The van der Waals surface area contributed by atoms with Gasteiger partial charge in [-0.15, -0.1) is 0 Å². The Morgan fingerprint density at radius 2 is 1.68 bits per heavy atom. The number of amides is 1. The van der Waals surface area contributed by atoms with Gasteiger partial charge in [0, 0.05) is 29.1 Å². The molecule has 2 aromatic rings. The van der Waals surface area contributed by atoms with Crippen molar-refractivity contribution in [1.82, 2.24) is 4.98 Å². The predicted octanol–water partition coefficient (Wildman–Crippen LogP) is 2.15. The second kappa shape index (κ2) is 6.90. The molecule has 0 fully saturated rings. The Morgan fingerprint density at radius 3 is 2.29 bits per heavy atom. The van der Waals surface area contributed by atoms with Crippen molar-refractivity contribution in [2.24, 2.45) is 5.41 Å². The second-order valence-corrected chi connectivity index (χ2v) is 9.50. The molecule has 1 aliphatic carbocycles. The third-order valence-corrected chi connectivity index (χ3v) is 5.01. The van der Waals surface area contributed by atoms with Crippen molar-refractivity contribution in [3.05, 3.63) is 57.5 Å². The largest absolute Gasteiger partial charge is 0.325 e. The highest BCUT2D eigenvalue weighted by Crippen LogP contribution is 2.33. The van der Waals surface area contributed by atoms with Gasteiger partial charge in [0.2, 0.25) is 10.0 Å². The van der Waals surface area contributed by atoms with Crippen molar-refractivity contribution in [1.29, 1.82) is 0 Å². The van der Waals surface area contributed by atoms with Crippen LogP contribution in [0.1, 0.15) is 46.7 Å². The molecular formula is C19H21N3O5S. The number of anilines is 2. The van der Waals surface area contributed by atoms with Crippen molar-refractivity contribution in [2.75, 3.05) is 16.3 Å². The van der Waals surface area contributed by atoms with E-state index in [1.807, 2.05) is 13.8 Å². The summed E-state index contributed by atoms with van der Waals surface area (Å²) in [5.41, 5.74) is 0.713. The first kappa shape index (κ1) is 19.8. The SMILES string of the molecule is CC1(C)CC(=O)c2cc(C(=O)Nc3ccc(NS(C)(=O)=O)cc3)c(=O)[nH]c2C1. The van der Waals surface area contributed by atoms with Gasteiger partial charge in [-0.3, -0.25) is 19.1 Å². The summed E-state index contributed by atoms with van der Waals surface area (Å²) in [5, 5.41) is 2.58. The molecule has 0 saturated heterocycles. The maximum absolute atomic E-state index is 12.5. The van der Waals surface area contributed by atoms with E-state index in [0.29, 0.717) is 35.5 Å². The molecule has 1 amide bonds. The fourth-order valence-electron chi connectivity index (χ4n) is 3.23. The Hall–Kier alpha value is -2.94. The van der Waals surface area contributed by atoms with Crippen LogP contribution in [0.4, 0.5) is 11.4 Å². The Balaban J connectivity index is 1.83. The van der Waals surface area contributed by atoms with E-state index in [0.717, 1.165) is 6.26 Å². The van der Waals surface area contributed by atoms with Crippen molar-refractivity contribution in [3.63, 3.8) is 0 Å². The Bertz CT molecular complexity index is 1120. The number of ketones is 1. The summed E-state index contributed by atoms with van der Waals surface area (Å²) in [7, 11) is -3.40. The summed E-state index contributed by atoms with van der Waals surface area (Å²) in [4.78, 5) is 39.9. The molecular weight excluding hydrogens is 382 g/mol. The molecule has 148 valence electrons. The molecule has 0 bridgehead atoms. The lowest BCUT2D eigenvalue weighted by molar-refractivity contribution is 0.0910. The maximum Gasteiger partial charge on any atom is 0.261 e. The van der Waals surface area contributed by atoms with Gasteiger partial charge in [-0.1, -0.05) is 13.8 Å². The van der Waals surface area contributed by atoms with E-state index in [2.05, 4.69) is 15.0 Å². The number of sulfonamides is 1. The molecule has 1 aliphatic rings. The van der Waals surface area contributed by atoms with Crippen LogP contribution >= 0.6 is 0 Å². The number of benzene rings is 1. The average molecular weight is 403 g/mol. The van der Waals surface area contributed by atoms with Crippen molar-refractivity contribution in [2.45, 2.75) is 26.7 Å². The molecule has 0 saturated carbocycles. The molecule has 1 aromatic carbocycles. The first-order valence-corrected chi connectivity index (χ1v) is 10.5. The minimum atomic E-state index is -3.40. The number of H-pyrrole nitrogens is 1. The van der Waals surface area contributed by atoms with Gasteiger partial charge in [0.15, 0.2) is 5.78 Å². The summed E-state index contributed by atoms with van der Waals surface area (Å²) in [5.74, 6) is -0.752. The fourth-order valence-corrected chi connectivity index (χ4v) is 3.79. The van der Waals surface area contributed by atoms with Crippen LogP contribution in [-0.2, 0) is 16.4 Å². The van der Waals surface area contributed by atoms with Gasteiger partial charge in [0.1, 0.15) is 5.56 Å². The Labute approximate surface area is 162 Å². The van der Waals surface area contributed by atoms with E-state index in [9.17, 15) is 22.8 Å². The molecule has 0 unspecified atom stereocenters. The molecule has 3 N–H and O–H groups in total. The number of fused-ring (bicyclic) bond motifs is 1. The number of hydrogen-bond acceptors (Lipinski definition) is 5. The van der Waals surface area contributed by atoms with Gasteiger partial charge in [0.25, 0.3) is 11.5 Å². The minimum absolute atomic E-state index is 0.104. The standard InChI is InChI=1S/C19H21N3O5S/c1-19(2)9-15-13(16(23)10-19)8-14(18(25)21-15)17(24)20-11-4-6-12(7-5-11)22-28(3,26)27/h4-8,22H,9-10H2,1-3H3,(H,20,24)(H,21,25). The quantitative estimate of drug-likeness (QED) is 0.721. The number of carbonyl (C=O) groups excluding carboxylic acids is 2. The van der Waals surface area contributed by atoms with Crippen LogP contribution in [-0.4, -0.2) is 31.3 Å². The van der Waals surface area contributed by atoms with Crippen molar-refractivity contribution >= 4 is 33.1 Å².